The van der Waals surface area contributed by atoms with Crippen molar-refractivity contribution >= 4 is 19.5 Å². The van der Waals surface area contributed by atoms with Gasteiger partial charge in [0.25, 0.3) is 0 Å². The fraction of sp³-hybridized carbons (Fsp3) is 0.762. The highest BCUT2D eigenvalue weighted by atomic mass is 31.2. The Labute approximate surface area is 203 Å². The summed E-state index contributed by atoms with van der Waals surface area (Å²) in [5, 5.41) is 12.8. The van der Waals surface area contributed by atoms with Gasteiger partial charge in [0.1, 0.15) is 36.3 Å². The Morgan fingerprint density at radius 3 is 2.63 bits per heavy atom. The maximum Gasteiger partial charge on any atom is 0.403 e. The lowest BCUT2D eigenvalue weighted by Gasteiger charge is -2.24. The molecule has 1 saturated carbocycles. The standard InChI is InChI=1S/C21H35N4O9P/c1-13(20(27)33-14-8-6-4-3-5-7-9-14)24-35(29,30)32-12-15-17(26)18(31-2)19(34-15)25-11-10-16(22)23-21(25)28/h10-11,13-15,17-19,26H,3-9,12H2,1-2H3,(H2,22,23,28)(H2,24,29,30)/t13-,15+,17?,18?,19+/m0/s1. The molecule has 198 valence electrons. The van der Waals surface area contributed by atoms with Crippen LogP contribution in [0, 0.1) is 0 Å². The van der Waals surface area contributed by atoms with Gasteiger partial charge in [0.05, 0.1) is 6.61 Å². The second-order valence-corrected chi connectivity index (χ2v) is 10.4. The number of carbonyl (C=O) groups excluding carboxylic acids is 1. The van der Waals surface area contributed by atoms with E-state index >= 15 is 0 Å². The van der Waals surface area contributed by atoms with E-state index in [0.717, 1.165) is 43.1 Å². The van der Waals surface area contributed by atoms with Crippen LogP contribution in [-0.2, 0) is 28.1 Å². The van der Waals surface area contributed by atoms with Crippen LogP contribution in [0.5, 0.6) is 0 Å². The van der Waals surface area contributed by atoms with Gasteiger partial charge in [0, 0.05) is 13.3 Å². The van der Waals surface area contributed by atoms with Crippen LogP contribution in [0.2, 0.25) is 0 Å². The maximum absolute atomic E-state index is 12.5. The van der Waals surface area contributed by atoms with Crippen LogP contribution < -0.4 is 16.5 Å². The third-order valence-corrected chi connectivity index (χ3v) is 7.38. The number of nitrogens with zero attached hydrogens (tertiary/aromatic N) is 2. The summed E-state index contributed by atoms with van der Waals surface area (Å²) in [6.45, 7) is 0.899. The summed E-state index contributed by atoms with van der Waals surface area (Å²) < 4.78 is 35.2. The lowest BCUT2D eigenvalue weighted by atomic mass is 9.98. The zero-order valence-electron chi connectivity index (χ0n) is 19.9. The first-order chi connectivity index (χ1) is 16.6. The second-order valence-electron chi connectivity index (χ2n) is 8.87. The molecule has 6 atom stereocenters. The fourth-order valence-corrected chi connectivity index (χ4v) is 5.28. The van der Waals surface area contributed by atoms with Crippen LogP contribution in [0.1, 0.15) is 58.1 Å². The van der Waals surface area contributed by atoms with Crippen molar-refractivity contribution in [3.8, 4) is 0 Å². The molecular formula is C21H35N4O9P. The van der Waals surface area contributed by atoms with Gasteiger partial charge in [-0.25, -0.2) is 14.4 Å². The summed E-state index contributed by atoms with van der Waals surface area (Å²) >= 11 is 0. The summed E-state index contributed by atoms with van der Waals surface area (Å²) in [7, 11) is -3.14. The second kappa shape index (κ2) is 12.4. The highest BCUT2D eigenvalue weighted by Crippen LogP contribution is 2.40. The Morgan fingerprint density at radius 1 is 1.34 bits per heavy atom. The molecule has 14 heteroatoms. The number of methoxy groups -OCH3 is 1. The van der Waals surface area contributed by atoms with Gasteiger partial charge in [-0.15, -0.1) is 0 Å². The first kappa shape index (κ1) is 27.7. The van der Waals surface area contributed by atoms with Gasteiger partial charge in [-0.2, -0.15) is 4.98 Å². The minimum atomic E-state index is -4.47. The zero-order chi connectivity index (χ0) is 25.6. The topological polar surface area (TPSA) is 184 Å². The molecule has 13 nitrogen and oxygen atoms in total. The van der Waals surface area contributed by atoms with E-state index in [2.05, 4.69) is 10.1 Å². The fourth-order valence-electron chi connectivity index (χ4n) is 4.27. The van der Waals surface area contributed by atoms with E-state index in [1.165, 1.54) is 32.7 Å². The molecule has 1 aromatic rings. The Balaban J connectivity index is 1.54. The summed E-state index contributed by atoms with van der Waals surface area (Å²) in [5.41, 5.74) is 4.79. The lowest BCUT2D eigenvalue weighted by molar-refractivity contribution is -0.151. The molecule has 0 spiro atoms. The molecule has 5 N–H and O–H groups in total. The first-order valence-corrected chi connectivity index (χ1v) is 13.4. The molecule has 2 aliphatic rings. The number of esters is 1. The first-order valence-electron chi connectivity index (χ1n) is 11.8. The molecule has 1 aliphatic carbocycles. The normalized spacial score (nSPS) is 28.6. The van der Waals surface area contributed by atoms with Crippen molar-refractivity contribution in [3.63, 3.8) is 0 Å². The van der Waals surface area contributed by atoms with Crippen LogP contribution in [0.4, 0.5) is 5.82 Å². The number of aliphatic hydroxyl groups is 1. The number of aliphatic hydroxyl groups excluding tert-OH is 1. The number of anilines is 1. The predicted molar refractivity (Wildman–Crippen MR) is 124 cm³/mol. The number of carbonyl (C=O) groups is 1. The summed E-state index contributed by atoms with van der Waals surface area (Å²) in [5.74, 6) is -0.617. The minimum absolute atomic E-state index is 0.0214. The van der Waals surface area contributed by atoms with Crippen molar-refractivity contribution in [2.45, 2.75) is 88.6 Å². The minimum Gasteiger partial charge on any atom is -0.461 e. The number of hydrogen-bond donors (Lipinski definition) is 4. The van der Waals surface area contributed by atoms with Gasteiger partial charge in [0.15, 0.2) is 6.23 Å². The van der Waals surface area contributed by atoms with E-state index in [1.807, 2.05) is 0 Å². The largest absolute Gasteiger partial charge is 0.461 e. The Morgan fingerprint density at radius 2 is 2.00 bits per heavy atom. The van der Waals surface area contributed by atoms with E-state index in [9.17, 15) is 24.2 Å². The van der Waals surface area contributed by atoms with E-state index in [0.29, 0.717) is 0 Å². The van der Waals surface area contributed by atoms with Gasteiger partial charge < -0.3 is 29.9 Å². The molecule has 0 radical (unpaired) electrons. The highest BCUT2D eigenvalue weighted by molar-refractivity contribution is 7.50. The molecule has 2 fully saturated rings. The molecule has 1 aliphatic heterocycles. The molecule has 0 bridgehead atoms. The van der Waals surface area contributed by atoms with E-state index < -0.39 is 56.6 Å². The lowest BCUT2D eigenvalue weighted by Crippen LogP contribution is -2.38. The van der Waals surface area contributed by atoms with Crippen molar-refractivity contribution < 1.29 is 38.1 Å². The van der Waals surface area contributed by atoms with Crippen molar-refractivity contribution in [2.75, 3.05) is 19.5 Å². The van der Waals surface area contributed by atoms with Crippen molar-refractivity contribution in [1.82, 2.24) is 14.6 Å². The predicted octanol–water partition coefficient (Wildman–Crippen LogP) is 0.850. The molecule has 0 amide bonds. The monoisotopic (exact) mass is 518 g/mol. The number of nitrogens with one attached hydrogen (secondary N) is 1. The van der Waals surface area contributed by atoms with Gasteiger partial charge in [-0.1, -0.05) is 19.3 Å². The SMILES string of the molecule is COC1C(O)[C@@H](COP(=O)(O)N[C@@H](C)C(=O)OC2CCCCCCC2)O[C@H]1n1ccc(N)nc1=O. The molecule has 35 heavy (non-hydrogen) atoms. The van der Waals surface area contributed by atoms with Crippen molar-refractivity contribution in [1.29, 1.82) is 0 Å². The van der Waals surface area contributed by atoms with Crippen LogP contribution >= 0.6 is 7.75 Å². The molecule has 3 rings (SSSR count). The Bertz CT molecular complexity index is 953. The molecule has 1 aromatic heterocycles. The number of rotatable bonds is 9. The van der Waals surface area contributed by atoms with Crippen LogP contribution in [0.15, 0.2) is 17.1 Å². The maximum atomic E-state index is 12.5. The number of aromatic nitrogens is 2. The quantitative estimate of drug-likeness (QED) is 0.267. The van der Waals surface area contributed by atoms with Crippen molar-refractivity contribution in [3.05, 3.63) is 22.7 Å². The summed E-state index contributed by atoms with van der Waals surface area (Å²) in [6.07, 6.45) is 3.61. The molecule has 3 unspecified atom stereocenters. The highest BCUT2D eigenvalue weighted by Gasteiger charge is 2.46. The van der Waals surface area contributed by atoms with Crippen LogP contribution in [-0.4, -0.2) is 69.7 Å². The summed E-state index contributed by atoms with van der Waals surface area (Å²) in [4.78, 5) is 38.4. The zero-order valence-corrected chi connectivity index (χ0v) is 20.8. The van der Waals surface area contributed by atoms with Gasteiger partial charge in [0.2, 0.25) is 0 Å². The van der Waals surface area contributed by atoms with Crippen LogP contribution in [0.3, 0.4) is 0 Å². The number of nitrogens with two attached hydrogens (primary N) is 1. The average Bonchev–Trinajstić information content (AvgIpc) is 3.08. The number of ether oxygens (including phenoxy) is 3. The van der Waals surface area contributed by atoms with E-state index in [1.54, 1.807) is 0 Å². The van der Waals surface area contributed by atoms with Gasteiger partial charge >= 0.3 is 19.4 Å². The molecule has 2 heterocycles. The van der Waals surface area contributed by atoms with Gasteiger partial charge in [-0.05, 0) is 38.7 Å². The molecule has 1 saturated heterocycles. The van der Waals surface area contributed by atoms with E-state index in [-0.39, 0.29) is 11.9 Å². The Hall–Kier alpha value is -1.86. The average molecular weight is 519 g/mol. The smallest absolute Gasteiger partial charge is 0.403 e. The number of nitrogen functional groups attached to an aromatic ring is 1. The third-order valence-electron chi connectivity index (χ3n) is 6.17. The number of hydrogen-bond acceptors (Lipinski definition) is 10. The van der Waals surface area contributed by atoms with Gasteiger partial charge in [-0.3, -0.25) is 13.9 Å². The van der Waals surface area contributed by atoms with E-state index in [4.69, 9.17) is 24.5 Å². The Kier molecular flexibility index (Phi) is 9.82. The molecule has 0 aromatic carbocycles. The van der Waals surface area contributed by atoms with Crippen LogP contribution in [0.25, 0.3) is 0 Å². The third kappa shape index (κ3) is 7.56. The van der Waals surface area contributed by atoms with Crippen molar-refractivity contribution in [2.24, 2.45) is 0 Å². The summed E-state index contributed by atoms with van der Waals surface area (Å²) in [6, 6.07) is 0.293. The molecular weight excluding hydrogens is 483 g/mol.